The Morgan fingerprint density at radius 1 is 0.439 bits per heavy atom. The fraction of sp³-hybridized carbons (Fsp3) is 0.312. The number of aliphatic hydroxyl groups excluding tert-OH is 1. The van der Waals surface area contributed by atoms with Crippen molar-refractivity contribution in [2.75, 3.05) is 40.6 Å². The molecule has 0 fully saturated rings. The number of benzene rings is 3. The number of aliphatic hydroxyl groups is 1. The number of nitrogens with zero attached hydrogens (tertiary/aromatic N) is 3. The molecule has 0 saturated carbocycles. The van der Waals surface area contributed by atoms with Crippen molar-refractivity contribution in [2.24, 2.45) is 0 Å². The van der Waals surface area contributed by atoms with Crippen LogP contribution in [0.3, 0.4) is 0 Å². The zero-order chi connectivity index (χ0) is 39.5. The van der Waals surface area contributed by atoms with Crippen molar-refractivity contribution in [3.05, 3.63) is 150 Å². The highest BCUT2D eigenvalue weighted by Gasteiger charge is 2.37. The third-order valence-electron chi connectivity index (χ3n) is 9.87. The summed E-state index contributed by atoms with van der Waals surface area (Å²) < 4.78 is 29.8. The van der Waals surface area contributed by atoms with E-state index in [1.807, 2.05) is 72.8 Å². The van der Waals surface area contributed by atoms with E-state index in [4.69, 9.17) is 33.8 Å². The number of aromatic nitrogens is 3. The maximum atomic E-state index is 8.91. The van der Waals surface area contributed by atoms with Gasteiger partial charge in [0.15, 0.2) is 0 Å². The molecule has 0 bridgehead atoms. The minimum absolute atomic E-state index is 0.245. The first-order valence-electron chi connectivity index (χ1n) is 19.9. The van der Waals surface area contributed by atoms with Gasteiger partial charge < -0.3 is 28.8 Å². The van der Waals surface area contributed by atoms with Gasteiger partial charge in [0.2, 0.25) is 0 Å². The Kier molecular flexibility index (Phi) is 15.4. The number of pyridine rings is 3. The molecule has 0 aliphatic carbocycles. The topological polar surface area (TPSA) is 105 Å². The molecule has 0 unspecified atom stereocenters. The number of rotatable bonds is 23. The molecule has 3 aromatic heterocycles. The van der Waals surface area contributed by atoms with E-state index in [1.54, 1.807) is 26.6 Å². The van der Waals surface area contributed by atoms with Crippen molar-refractivity contribution in [2.45, 2.75) is 57.0 Å². The molecule has 0 spiro atoms. The Labute approximate surface area is 336 Å². The van der Waals surface area contributed by atoms with Gasteiger partial charge >= 0.3 is 0 Å². The quantitative estimate of drug-likeness (QED) is 0.0504. The second-order valence-electron chi connectivity index (χ2n) is 13.8. The zero-order valence-corrected chi connectivity index (χ0v) is 33.0. The number of hydrogen-bond acceptors (Lipinski definition) is 9. The van der Waals surface area contributed by atoms with Crippen LogP contribution in [0.1, 0.15) is 68.1 Å². The molecule has 3 heterocycles. The van der Waals surface area contributed by atoms with Crippen LogP contribution in [-0.2, 0) is 10.3 Å². The van der Waals surface area contributed by atoms with Gasteiger partial charge in [0, 0.05) is 13.2 Å². The lowest BCUT2D eigenvalue weighted by Gasteiger charge is -2.36. The summed E-state index contributed by atoms with van der Waals surface area (Å²) in [5.41, 5.74) is 5.37. The first-order valence-corrected chi connectivity index (χ1v) is 19.9. The van der Waals surface area contributed by atoms with Crippen LogP contribution in [-0.4, -0.2) is 60.7 Å². The minimum atomic E-state index is -0.807. The normalized spacial score (nSPS) is 11.3. The molecular weight excluding hydrogens is 715 g/mol. The smallest absolute Gasteiger partial charge is 0.143 e. The molecule has 3 aromatic carbocycles. The largest absolute Gasteiger partial charge is 0.497 e. The Bertz CT molecular complexity index is 1990. The monoisotopic (exact) mass is 767 g/mol. The first kappa shape index (κ1) is 40.9. The lowest BCUT2D eigenvalue weighted by atomic mass is 9.80. The summed E-state index contributed by atoms with van der Waals surface area (Å²) in [6, 6.07) is 40.3. The van der Waals surface area contributed by atoms with Gasteiger partial charge in [-0.15, -0.1) is 0 Å². The SMILES string of the molecule is COc1ccc(C(OCCCCCCOc2ccc(-c3cccc(-c4ccc(OCCCCCCO)cn4)n3)nc2)(c2ccccc2)c2ccc(OC)cc2)cc1. The molecule has 0 saturated heterocycles. The van der Waals surface area contributed by atoms with Gasteiger partial charge in [0.25, 0.3) is 0 Å². The van der Waals surface area contributed by atoms with Gasteiger partial charge in [-0.2, -0.15) is 0 Å². The van der Waals surface area contributed by atoms with Gasteiger partial charge in [-0.25, -0.2) is 4.98 Å². The highest BCUT2D eigenvalue weighted by molar-refractivity contribution is 5.62. The lowest BCUT2D eigenvalue weighted by molar-refractivity contribution is 0.0105. The first-order chi connectivity index (χ1) is 28.1. The van der Waals surface area contributed by atoms with Gasteiger partial charge in [-0.3, -0.25) is 9.97 Å². The van der Waals surface area contributed by atoms with Crippen molar-refractivity contribution in [1.29, 1.82) is 0 Å². The van der Waals surface area contributed by atoms with Crippen LogP contribution in [0.2, 0.25) is 0 Å². The molecule has 9 heteroatoms. The van der Waals surface area contributed by atoms with Gasteiger partial charge in [-0.05, 0) is 116 Å². The molecule has 9 nitrogen and oxygen atoms in total. The predicted octanol–water partition coefficient (Wildman–Crippen LogP) is 10.1. The van der Waals surface area contributed by atoms with Gasteiger partial charge in [0.05, 0.1) is 62.6 Å². The van der Waals surface area contributed by atoms with E-state index in [1.165, 1.54) is 0 Å². The molecule has 57 heavy (non-hydrogen) atoms. The summed E-state index contributed by atoms with van der Waals surface area (Å²) in [6.45, 7) is 2.07. The van der Waals surface area contributed by atoms with E-state index in [-0.39, 0.29) is 6.61 Å². The minimum Gasteiger partial charge on any atom is -0.497 e. The molecule has 0 aliphatic rings. The fourth-order valence-electron chi connectivity index (χ4n) is 6.76. The lowest BCUT2D eigenvalue weighted by Crippen LogP contribution is -2.33. The maximum absolute atomic E-state index is 8.91. The summed E-state index contributed by atoms with van der Waals surface area (Å²) in [5, 5.41) is 8.91. The van der Waals surface area contributed by atoms with Crippen molar-refractivity contribution >= 4 is 0 Å². The number of methoxy groups -OCH3 is 2. The molecule has 1 N–H and O–H groups in total. The van der Waals surface area contributed by atoms with Crippen LogP contribution >= 0.6 is 0 Å². The molecule has 0 amide bonds. The highest BCUT2D eigenvalue weighted by Crippen LogP contribution is 2.42. The molecule has 0 radical (unpaired) electrons. The van der Waals surface area contributed by atoms with Crippen molar-refractivity contribution in [1.82, 2.24) is 15.0 Å². The van der Waals surface area contributed by atoms with E-state index in [0.717, 1.165) is 114 Å². The standard InChI is InChI=1S/C48H53N3O6/c1-53-40-23-19-38(20-24-40)48(37-15-8-7-9-16-37,39-21-25-41(54-2)26-22-39)57-34-13-6-5-12-33-56-43-28-30-45(50-36-43)47-18-14-17-46(51-47)44-29-27-42(35-49-44)55-32-11-4-3-10-31-52/h7-9,14-30,35-36,52H,3-6,10-13,31-34H2,1-2H3. The third-order valence-corrected chi connectivity index (χ3v) is 9.87. The summed E-state index contributed by atoms with van der Waals surface area (Å²) in [5.74, 6) is 3.06. The van der Waals surface area contributed by atoms with Crippen molar-refractivity contribution in [3.8, 4) is 45.8 Å². The summed E-state index contributed by atoms with van der Waals surface area (Å²) >= 11 is 0. The van der Waals surface area contributed by atoms with Crippen molar-refractivity contribution < 1.29 is 28.8 Å². The van der Waals surface area contributed by atoms with Crippen LogP contribution in [0.25, 0.3) is 22.8 Å². The second kappa shape index (κ2) is 21.5. The molecule has 0 aliphatic heterocycles. The molecule has 0 atom stereocenters. The van der Waals surface area contributed by atoms with Gasteiger partial charge in [0.1, 0.15) is 28.6 Å². The summed E-state index contributed by atoms with van der Waals surface area (Å²) in [6.07, 6.45) is 11.2. The van der Waals surface area contributed by atoms with Crippen molar-refractivity contribution in [3.63, 3.8) is 0 Å². The Hall–Kier alpha value is -5.77. The highest BCUT2D eigenvalue weighted by atomic mass is 16.5. The van der Waals surface area contributed by atoms with Crippen LogP contribution < -0.4 is 18.9 Å². The summed E-state index contributed by atoms with van der Waals surface area (Å²) in [4.78, 5) is 14.0. The van der Waals surface area contributed by atoms with Crippen LogP contribution in [0.15, 0.2) is 134 Å². The van der Waals surface area contributed by atoms with E-state index in [2.05, 4.69) is 58.5 Å². The Morgan fingerprint density at radius 3 is 1.35 bits per heavy atom. The van der Waals surface area contributed by atoms with E-state index in [0.29, 0.717) is 19.8 Å². The van der Waals surface area contributed by atoms with Crippen LogP contribution in [0.4, 0.5) is 0 Å². The average molecular weight is 768 g/mol. The molecule has 6 rings (SSSR count). The third kappa shape index (κ3) is 11.2. The van der Waals surface area contributed by atoms with Crippen LogP contribution in [0.5, 0.6) is 23.0 Å². The molecule has 296 valence electrons. The number of unbranched alkanes of at least 4 members (excludes halogenated alkanes) is 6. The fourth-order valence-corrected chi connectivity index (χ4v) is 6.76. The average Bonchev–Trinajstić information content (AvgIpc) is 3.28. The Morgan fingerprint density at radius 2 is 0.895 bits per heavy atom. The zero-order valence-electron chi connectivity index (χ0n) is 33.0. The van der Waals surface area contributed by atoms with E-state index >= 15 is 0 Å². The van der Waals surface area contributed by atoms with E-state index < -0.39 is 5.60 Å². The molecular formula is C48H53N3O6. The van der Waals surface area contributed by atoms with Gasteiger partial charge in [-0.1, -0.05) is 73.5 Å². The van der Waals surface area contributed by atoms with Crippen LogP contribution in [0, 0.1) is 0 Å². The number of hydrogen-bond donors (Lipinski definition) is 1. The van der Waals surface area contributed by atoms with E-state index in [9.17, 15) is 0 Å². The number of ether oxygens (including phenoxy) is 5. The Balaban J connectivity index is 0.982. The molecule has 6 aromatic rings. The summed E-state index contributed by atoms with van der Waals surface area (Å²) in [7, 11) is 3.36. The second-order valence-corrected chi connectivity index (χ2v) is 13.8. The predicted molar refractivity (Wildman–Crippen MR) is 224 cm³/mol. The maximum Gasteiger partial charge on any atom is 0.143 e.